The molecule has 0 aliphatic heterocycles. The minimum atomic E-state index is 0.551. The second-order valence-electron chi connectivity index (χ2n) is 10.5. The molecule has 0 amide bonds. The molecule has 0 aromatic rings. The first-order chi connectivity index (χ1) is 9.74. The van der Waals surface area contributed by atoms with Crippen LogP contribution >= 0.6 is 0 Å². The van der Waals surface area contributed by atoms with Gasteiger partial charge in [-0.25, -0.2) is 0 Å². The molecule has 0 N–H and O–H groups in total. The van der Waals surface area contributed by atoms with Gasteiger partial charge in [0.15, 0.2) is 0 Å². The average molecular weight is 291 g/mol. The van der Waals surface area contributed by atoms with E-state index < -0.39 is 0 Å². The minimum absolute atomic E-state index is 0.551. The molecule has 0 saturated heterocycles. The largest absolute Gasteiger partial charge is 0.0625 e. The molecular formula is C21H38. The van der Waals surface area contributed by atoms with Gasteiger partial charge in [0.2, 0.25) is 0 Å². The van der Waals surface area contributed by atoms with Gasteiger partial charge in [0.1, 0.15) is 0 Å². The van der Waals surface area contributed by atoms with Crippen molar-refractivity contribution < 1.29 is 0 Å². The summed E-state index contributed by atoms with van der Waals surface area (Å²) in [6.07, 6.45) is 15.0. The summed E-state index contributed by atoms with van der Waals surface area (Å²) in [4.78, 5) is 0. The zero-order valence-corrected chi connectivity index (χ0v) is 15.3. The highest BCUT2D eigenvalue weighted by Gasteiger charge is 2.57. The van der Waals surface area contributed by atoms with Crippen molar-refractivity contribution in [2.24, 2.45) is 34.0 Å². The Hall–Kier alpha value is 0. The van der Waals surface area contributed by atoms with Gasteiger partial charge in [0.25, 0.3) is 0 Å². The van der Waals surface area contributed by atoms with Crippen molar-refractivity contribution in [2.75, 3.05) is 0 Å². The monoisotopic (exact) mass is 290 g/mol. The fourth-order valence-electron chi connectivity index (χ4n) is 7.29. The van der Waals surface area contributed by atoms with Gasteiger partial charge in [-0.2, -0.15) is 0 Å². The van der Waals surface area contributed by atoms with Crippen LogP contribution in [0, 0.1) is 34.0 Å². The molecule has 0 heteroatoms. The predicted octanol–water partition coefficient (Wildman–Crippen LogP) is 6.84. The van der Waals surface area contributed by atoms with Crippen molar-refractivity contribution in [1.82, 2.24) is 0 Å². The van der Waals surface area contributed by atoms with Crippen LogP contribution < -0.4 is 0 Å². The Morgan fingerprint density at radius 2 is 1.33 bits per heavy atom. The second-order valence-corrected chi connectivity index (χ2v) is 10.5. The molecule has 3 fully saturated rings. The van der Waals surface area contributed by atoms with Gasteiger partial charge < -0.3 is 0 Å². The Balaban J connectivity index is 1.98. The zero-order valence-electron chi connectivity index (χ0n) is 15.3. The number of rotatable bonds is 0. The standard InChI is InChI=1S/C21H38/c1-16-11-12-19(2,3)14-21(5)15-20(4,13-16)17-9-7-6-8-10-18(17)21/h16-18H,6-15H2,1-5H3. The van der Waals surface area contributed by atoms with E-state index in [2.05, 4.69) is 34.6 Å². The summed E-state index contributed by atoms with van der Waals surface area (Å²) in [5.74, 6) is 2.98. The number of hydrogen-bond donors (Lipinski definition) is 0. The molecule has 21 heavy (non-hydrogen) atoms. The van der Waals surface area contributed by atoms with E-state index in [0.717, 1.165) is 17.8 Å². The lowest BCUT2D eigenvalue weighted by Crippen LogP contribution is -2.32. The summed E-state index contributed by atoms with van der Waals surface area (Å²) < 4.78 is 0. The Kier molecular flexibility index (Phi) is 3.99. The van der Waals surface area contributed by atoms with E-state index in [-0.39, 0.29) is 0 Å². The van der Waals surface area contributed by atoms with Crippen molar-refractivity contribution in [3.63, 3.8) is 0 Å². The maximum atomic E-state index is 2.68. The van der Waals surface area contributed by atoms with E-state index in [0.29, 0.717) is 16.2 Å². The first-order valence-corrected chi connectivity index (χ1v) is 9.74. The molecule has 0 nitrogen and oxygen atoms in total. The summed E-state index contributed by atoms with van der Waals surface area (Å²) in [5.41, 5.74) is 1.82. The molecule has 0 aromatic carbocycles. The Bertz CT molecular complexity index is 381. The van der Waals surface area contributed by atoms with Crippen molar-refractivity contribution in [3.05, 3.63) is 0 Å². The van der Waals surface area contributed by atoms with E-state index in [9.17, 15) is 0 Å². The van der Waals surface area contributed by atoms with Gasteiger partial charge in [0, 0.05) is 0 Å². The van der Waals surface area contributed by atoms with Crippen molar-refractivity contribution in [1.29, 1.82) is 0 Å². The van der Waals surface area contributed by atoms with Crippen LogP contribution in [0.3, 0.4) is 0 Å². The third kappa shape index (κ3) is 2.93. The van der Waals surface area contributed by atoms with Crippen LogP contribution in [0.1, 0.15) is 98.8 Å². The van der Waals surface area contributed by atoms with E-state index in [1.54, 1.807) is 0 Å². The van der Waals surface area contributed by atoms with E-state index >= 15 is 0 Å². The molecule has 3 saturated carbocycles. The summed E-state index contributed by atoms with van der Waals surface area (Å²) in [5, 5.41) is 0. The topological polar surface area (TPSA) is 0 Å². The molecule has 122 valence electrons. The summed E-state index contributed by atoms with van der Waals surface area (Å²) >= 11 is 0. The smallest absolute Gasteiger partial charge is 0.0284 e. The van der Waals surface area contributed by atoms with Gasteiger partial charge in [-0.3, -0.25) is 0 Å². The molecule has 5 atom stereocenters. The van der Waals surface area contributed by atoms with Gasteiger partial charge in [-0.15, -0.1) is 0 Å². The SMILES string of the molecule is CC1CCC(C)(C)CC2(C)CC(C)(C1)C1CCCCCC12. The maximum Gasteiger partial charge on any atom is -0.0284 e. The highest BCUT2D eigenvalue weighted by atomic mass is 14.6. The van der Waals surface area contributed by atoms with E-state index in [1.807, 2.05) is 0 Å². The Morgan fingerprint density at radius 1 is 0.714 bits per heavy atom. The first-order valence-electron chi connectivity index (χ1n) is 9.74. The molecule has 5 unspecified atom stereocenters. The average Bonchev–Trinajstić information content (AvgIpc) is 2.56. The highest BCUT2D eigenvalue weighted by molar-refractivity contribution is 5.07. The maximum absolute atomic E-state index is 2.68. The fourth-order valence-corrected chi connectivity index (χ4v) is 7.29. The highest BCUT2D eigenvalue weighted by Crippen LogP contribution is 2.66. The van der Waals surface area contributed by atoms with Gasteiger partial charge in [0.05, 0.1) is 0 Å². The molecule has 0 radical (unpaired) electrons. The Labute approximate surface area is 133 Å². The van der Waals surface area contributed by atoms with Crippen molar-refractivity contribution in [2.45, 2.75) is 98.8 Å². The third-order valence-corrected chi connectivity index (χ3v) is 7.63. The molecular weight excluding hydrogens is 252 g/mol. The molecule has 3 aliphatic rings. The van der Waals surface area contributed by atoms with Crippen LogP contribution in [0.25, 0.3) is 0 Å². The fraction of sp³-hybridized carbons (Fsp3) is 1.00. The molecule has 0 spiro atoms. The van der Waals surface area contributed by atoms with Gasteiger partial charge >= 0.3 is 0 Å². The molecule has 3 rings (SSSR count). The summed E-state index contributed by atoms with van der Waals surface area (Å²) in [6.45, 7) is 13.0. The molecule has 2 bridgehead atoms. The lowest BCUT2D eigenvalue weighted by molar-refractivity contribution is 0.0898. The number of fused-ring (bicyclic) bond motifs is 5. The van der Waals surface area contributed by atoms with Crippen LogP contribution in [-0.4, -0.2) is 0 Å². The van der Waals surface area contributed by atoms with Crippen LogP contribution in [0.5, 0.6) is 0 Å². The predicted molar refractivity (Wildman–Crippen MR) is 92.3 cm³/mol. The summed E-state index contributed by atoms with van der Waals surface area (Å²) in [6, 6.07) is 0. The molecule has 3 aliphatic carbocycles. The van der Waals surface area contributed by atoms with Crippen LogP contribution in [0.2, 0.25) is 0 Å². The second kappa shape index (κ2) is 5.27. The van der Waals surface area contributed by atoms with Crippen LogP contribution in [0.15, 0.2) is 0 Å². The van der Waals surface area contributed by atoms with E-state index in [1.165, 1.54) is 64.2 Å². The van der Waals surface area contributed by atoms with Crippen LogP contribution in [0.4, 0.5) is 0 Å². The van der Waals surface area contributed by atoms with Crippen LogP contribution in [-0.2, 0) is 0 Å². The molecule has 0 heterocycles. The van der Waals surface area contributed by atoms with Crippen molar-refractivity contribution >= 4 is 0 Å². The number of hydrogen-bond acceptors (Lipinski definition) is 0. The zero-order chi connectivity index (χ0) is 15.3. The van der Waals surface area contributed by atoms with Gasteiger partial charge in [-0.1, -0.05) is 60.3 Å². The lowest BCUT2D eigenvalue weighted by atomic mass is 9.64. The normalized spacial score (nSPS) is 50.4. The van der Waals surface area contributed by atoms with Gasteiger partial charge in [-0.05, 0) is 72.5 Å². The van der Waals surface area contributed by atoms with E-state index in [4.69, 9.17) is 0 Å². The summed E-state index contributed by atoms with van der Waals surface area (Å²) in [7, 11) is 0. The molecule has 0 aromatic heterocycles. The quantitative estimate of drug-likeness (QED) is 0.458. The van der Waals surface area contributed by atoms with Crippen molar-refractivity contribution in [3.8, 4) is 0 Å². The minimum Gasteiger partial charge on any atom is -0.0625 e. The lowest BCUT2D eigenvalue weighted by Gasteiger charge is -2.41. The third-order valence-electron chi connectivity index (χ3n) is 7.63. The Morgan fingerprint density at radius 3 is 2.00 bits per heavy atom. The first kappa shape index (κ1) is 15.9.